The molecule has 0 spiro atoms. The van der Waals surface area contributed by atoms with Gasteiger partial charge in [0.1, 0.15) is 4.66 Å². The van der Waals surface area contributed by atoms with Gasteiger partial charge in [0.2, 0.25) is 10.0 Å². The minimum atomic E-state index is -3.19. The molecule has 2 atom stereocenters. The minimum Gasteiger partial charge on any atom is -0.396 e. The molecule has 0 aromatic heterocycles. The highest BCUT2D eigenvalue weighted by molar-refractivity contribution is 9.10. The van der Waals surface area contributed by atoms with Gasteiger partial charge < -0.3 is 5.11 Å². The molecule has 0 amide bonds. The van der Waals surface area contributed by atoms with Crippen LogP contribution in [0, 0.1) is 5.92 Å². The molecule has 0 aliphatic heterocycles. The number of aliphatic hydroxyl groups excluding tert-OH is 1. The van der Waals surface area contributed by atoms with Gasteiger partial charge in [-0.05, 0) is 18.8 Å². The lowest BCUT2D eigenvalue weighted by molar-refractivity contribution is 0.213. The molecule has 0 saturated heterocycles. The Morgan fingerprint density at radius 2 is 2.15 bits per heavy atom. The van der Waals surface area contributed by atoms with Gasteiger partial charge in [-0.15, -0.1) is 0 Å². The quantitative estimate of drug-likeness (QED) is 0.729. The lowest BCUT2D eigenvalue weighted by Gasteiger charge is -2.17. The van der Waals surface area contributed by atoms with E-state index in [0.717, 1.165) is 19.3 Å². The summed E-state index contributed by atoms with van der Waals surface area (Å²) in [5.74, 6) is 0.0915. The zero-order chi connectivity index (χ0) is 9.90. The topological polar surface area (TPSA) is 66.4 Å². The SMILES string of the molecule is O=S(=O)(CBr)NC1CCCC1CO. The second-order valence-corrected chi connectivity index (χ2v) is 6.38. The Hall–Kier alpha value is 0.350. The number of alkyl halides is 1. The van der Waals surface area contributed by atoms with Crippen molar-refractivity contribution < 1.29 is 13.5 Å². The van der Waals surface area contributed by atoms with E-state index in [1.54, 1.807) is 0 Å². The molecule has 1 rings (SSSR count). The van der Waals surface area contributed by atoms with Crippen LogP contribution in [0.5, 0.6) is 0 Å². The van der Waals surface area contributed by atoms with Gasteiger partial charge in [-0.3, -0.25) is 0 Å². The highest BCUT2D eigenvalue weighted by Crippen LogP contribution is 2.25. The Balaban J connectivity index is 2.53. The number of rotatable bonds is 4. The van der Waals surface area contributed by atoms with Gasteiger partial charge >= 0.3 is 0 Å². The fraction of sp³-hybridized carbons (Fsp3) is 1.00. The van der Waals surface area contributed by atoms with Crippen molar-refractivity contribution in [2.24, 2.45) is 5.92 Å². The number of halogens is 1. The van der Waals surface area contributed by atoms with Crippen molar-refractivity contribution in [3.63, 3.8) is 0 Å². The van der Waals surface area contributed by atoms with Crippen molar-refractivity contribution in [3.8, 4) is 0 Å². The first-order valence-corrected chi connectivity index (χ1v) is 7.03. The predicted molar refractivity (Wildman–Crippen MR) is 54.1 cm³/mol. The second kappa shape index (κ2) is 4.72. The van der Waals surface area contributed by atoms with Crippen molar-refractivity contribution in [2.45, 2.75) is 25.3 Å². The Kier molecular flexibility index (Phi) is 4.15. The van der Waals surface area contributed by atoms with Crippen LogP contribution in [0.15, 0.2) is 0 Å². The monoisotopic (exact) mass is 271 g/mol. The molecular weight excluding hydrogens is 258 g/mol. The highest BCUT2D eigenvalue weighted by atomic mass is 79.9. The molecule has 13 heavy (non-hydrogen) atoms. The van der Waals surface area contributed by atoms with E-state index in [9.17, 15) is 8.42 Å². The third-order valence-electron chi connectivity index (χ3n) is 2.37. The summed E-state index contributed by atoms with van der Waals surface area (Å²) in [5, 5.41) is 8.96. The molecule has 1 fully saturated rings. The van der Waals surface area contributed by atoms with Gasteiger partial charge in [0, 0.05) is 12.6 Å². The summed E-state index contributed by atoms with van der Waals surface area (Å²) in [7, 11) is -3.19. The maximum Gasteiger partial charge on any atom is 0.221 e. The molecule has 1 aliphatic carbocycles. The van der Waals surface area contributed by atoms with Crippen LogP contribution in [0.3, 0.4) is 0 Å². The minimum absolute atomic E-state index is 0.0650. The largest absolute Gasteiger partial charge is 0.396 e. The zero-order valence-corrected chi connectivity index (χ0v) is 9.64. The molecule has 0 aromatic rings. The van der Waals surface area contributed by atoms with Gasteiger partial charge in [-0.25, -0.2) is 13.1 Å². The summed E-state index contributed by atoms with van der Waals surface area (Å²) >= 11 is 2.91. The van der Waals surface area contributed by atoms with Crippen molar-refractivity contribution in [2.75, 3.05) is 11.3 Å². The summed E-state index contributed by atoms with van der Waals surface area (Å²) in [5.41, 5.74) is 0. The van der Waals surface area contributed by atoms with E-state index in [0.29, 0.717) is 0 Å². The Morgan fingerprint density at radius 1 is 1.46 bits per heavy atom. The number of hydrogen-bond acceptors (Lipinski definition) is 3. The molecule has 0 bridgehead atoms. The van der Waals surface area contributed by atoms with E-state index in [2.05, 4.69) is 20.7 Å². The number of sulfonamides is 1. The van der Waals surface area contributed by atoms with Crippen LogP contribution in [0.2, 0.25) is 0 Å². The smallest absolute Gasteiger partial charge is 0.221 e. The average molecular weight is 272 g/mol. The van der Waals surface area contributed by atoms with E-state index in [1.807, 2.05) is 0 Å². The van der Waals surface area contributed by atoms with Crippen LogP contribution in [0.25, 0.3) is 0 Å². The summed E-state index contributed by atoms with van der Waals surface area (Å²) in [6.45, 7) is 0.0650. The van der Waals surface area contributed by atoms with Crippen molar-refractivity contribution in [1.29, 1.82) is 0 Å². The fourth-order valence-electron chi connectivity index (χ4n) is 1.67. The first-order valence-electron chi connectivity index (χ1n) is 4.26. The standard InChI is InChI=1S/C7H14BrNO3S/c8-5-13(11,12)9-7-3-1-2-6(7)4-10/h6-7,9-10H,1-5H2. The van der Waals surface area contributed by atoms with Crippen LogP contribution < -0.4 is 4.72 Å². The summed E-state index contributed by atoms with van der Waals surface area (Å²) in [6, 6.07) is -0.0763. The van der Waals surface area contributed by atoms with E-state index in [-0.39, 0.29) is 23.2 Å². The molecule has 1 saturated carbocycles. The van der Waals surface area contributed by atoms with Crippen LogP contribution >= 0.6 is 15.9 Å². The van der Waals surface area contributed by atoms with Gasteiger partial charge in [-0.1, -0.05) is 22.4 Å². The fourth-order valence-corrected chi connectivity index (χ4v) is 2.90. The molecule has 1 aliphatic rings. The third kappa shape index (κ3) is 3.19. The van der Waals surface area contributed by atoms with Crippen LogP contribution in [0.1, 0.15) is 19.3 Å². The third-order valence-corrected chi connectivity index (χ3v) is 5.13. The lowest BCUT2D eigenvalue weighted by atomic mass is 10.1. The van der Waals surface area contributed by atoms with Crippen LogP contribution in [-0.4, -0.2) is 30.8 Å². The molecule has 0 heterocycles. The summed E-state index contributed by atoms with van der Waals surface area (Å²) in [4.78, 5) is 0. The lowest BCUT2D eigenvalue weighted by Crippen LogP contribution is -2.38. The number of hydrogen-bond donors (Lipinski definition) is 2. The van der Waals surface area contributed by atoms with Crippen molar-refractivity contribution >= 4 is 26.0 Å². The van der Waals surface area contributed by atoms with Gasteiger partial charge in [-0.2, -0.15) is 0 Å². The first kappa shape index (κ1) is 11.4. The van der Waals surface area contributed by atoms with Gasteiger partial charge in [0.15, 0.2) is 0 Å². The molecule has 78 valence electrons. The second-order valence-electron chi connectivity index (χ2n) is 3.32. The maximum absolute atomic E-state index is 11.2. The highest BCUT2D eigenvalue weighted by Gasteiger charge is 2.29. The Labute approximate surface area is 86.9 Å². The van der Waals surface area contributed by atoms with Gasteiger partial charge in [0.05, 0.1) is 0 Å². The van der Waals surface area contributed by atoms with Crippen LogP contribution in [0.4, 0.5) is 0 Å². The van der Waals surface area contributed by atoms with Crippen molar-refractivity contribution in [1.82, 2.24) is 4.72 Å². The van der Waals surface area contributed by atoms with E-state index >= 15 is 0 Å². The normalized spacial score (nSPS) is 29.4. The Morgan fingerprint density at radius 3 is 2.69 bits per heavy atom. The van der Waals surface area contributed by atoms with Crippen molar-refractivity contribution in [3.05, 3.63) is 0 Å². The molecule has 4 nitrogen and oxygen atoms in total. The first-order chi connectivity index (χ1) is 6.09. The average Bonchev–Trinajstić information content (AvgIpc) is 2.51. The molecule has 6 heteroatoms. The van der Waals surface area contributed by atoms with E-state index in [4.69, 9.17) is 5.11 Å². The van der Waals surface area contributed by atoms with Gasteiger partial charge in [0.25, 0.3) is 0 Å². The number of nitrogens with one attached hydrogen (secondary N) is 1. The number of aliphatic hydroxyl groups is 1. The maximum atomic E-state index is 11.2. The van der Waals surface area contributed by atoms with E-state index in [1.165, 1.54) is 0 Å². The zero-order valence-electron chi connectivity index (χ0n) is 7.24. The molecular formula is C7H14BrNO3S. The summed E-state index contributed by atoms with van der Waals surface area (Å²) in [6.07, 6.45) is 2.73. The van der Waals surface area contributed by atoms with E-state index < -0.39 is 10.0 Å². The molecule has 0 aromatic carbocycles. The molecule has 2 N–H and O–H groups in total. The van der Waals surface area contributed by atoms with Crippen LogP contribution in [-0.2, 0) is 10.0 Å². The molecule has 2 unspecified atom stereocenters. The Bertz CT molecular complexity index is 254. The molecule has 0 radical (unpaired) electrons. The summed E-state index contributed by atoms with van der Waals surface area (Å²) < 4.78 is 24.9. The predicted octanol–water partition coefficient (Wildman–Crippen LogP) is 0.419.